The van der Waals surface area contributed by atoms with Crippen LogP contribution in [0.3, 0.4) is 0 Å². The molecule has 2 nitrogen and oxygen atoms in total. The molecule has 0 radical (unpaired) electrons. The van der Waals surface area contributed by atoms with Gasteiger partial charge in [0.15, 0.2) is 0 Å². The fourth-order valence-corrected chi connectivity index (χ4v) is 2.51. The van der Waals surface area contributed by atoms with E-state index in [-0.39, 0.29) is 11.9 Å². The van der Waals surface area contributed by atoms with E-state index in [0.29, 0.717) is 5.56 Å². The smallest absolute Gasteiger partial charge is 0.252 e. The SMILES string of the molecule is CC(CCc1ccccc1)NC(=O)c1ccccc1Br. The van der Waals surface area contributed by atoms with Crippen molar-refractivity contribution in [2.45, 2.75) is 25.8 Å². The lowest BCUT2D eigenvalue weighted by molar-refractivity contribution is 0.0937. The van der Waals surface area contributed by atoms with E-state index >= 15 is 0 Å². The maximum atomic E-state index is 12.1. The van der Waals surface area contributed by atoms with Crippen LogP contribution in [0.5, 0.6) is 0 Å². The summed E-state index contributed by atoms with van der Waals surface area (Å²) in [5.41, 5.74) is 1.98. The Hall–Kier alpha value is -1.61. The third-order valence-corrected chi connectivity index (χ3v) is 3.90. The highest BCUT2D eigenvalue weighted by molar-refractivity contribution is 9.10. The molecule has 0 saturated heterocycles. The van der Waals surface area contributed by atoms with Gasteiger partial charge in [0.1, 0.15) is 0 Å². The molecule has 0 saturated carbocycles. The second-order valence-corrected chi connectivity index (χ2v) is 5.73. The average molecular weight is 332 g/mol. The van der Waals surface area contributed by atoms with Crippen LogP contribution in [0, 0.1) is 0 Å². The first-order valence-corrected chi connectivity index (χ1v) is 7.55. The van der Waals surface area contributed by atoms with Crippen LogP contribution in [0.4, 0.5) is 0 Å². The van der Waals surface area contributed by atoms with Gasteiger partial charge in [-0.25, -0.2) is 0 Å². The van der Waals surface area contributed by atoms with Gasteiger partial charge in [0.05, 0.1) is 5.56 Å². The van der Waals surface area contributed by atoms with Gasteiger partial charge >= 0.3 is 0 Å². The Labute approximate surface area is 128 Å². The molecule has 2 aromatic rings. The zero-order valence-electron chi connectivity index (χ0n) is 11.5. The van der Waals surface area contributed by atoms with E-state index < -0.39 is 0 Å². The van der Waals surface area contributed by atoms with Crippen LogP contribution >= 0.6 is 15.9 Å². The van der Waals surface area contributed by atoms with Crippen molar-refractivity contribution in [3.63, 3.8) is 0 Å². The Morgan fingerprint density at radius 1 is 1.10 bits per heavy atom. The fraction of sp³-hybridized carbons (Fsp3) is 0.235. The second kappa shape index (κ2) is 7.25. The molecule has 1 N–H and O–H groups in total. The Morgan fingerprint density at radius 2 is 1.75 bits per heavy atom. The number of halogens is 1. The van der Waals surface area contributed by atoms with Crippen molar-refractivity contribution in [1.29, 1.82) is 0 Å². The number of carbonyl (C=O) groups excluding carboxylic acids is 1. The van der Waals surface area contributed by atoms with Gasteiger partial charge in [-0.3, -0.25) is 4.79 Å². The Balaban J connectivity index is 1.87. The van der Waals surface area contributed by atoms with Crippen LogP contribution in [0.25, 0.3) is 0 Å². The number of hydrogen-bond acceptors (Lipinski definition) is 1. The summed E-state index contributed by atoms with van der Waals surface area (Å²) in [6.45, 7) is 2.04. The molecule has 0 aliphatic carbocycles. The predicted octanol–water partition coefficient (Wildman–Crippen LogP) is 4.20. The van der Waals surface area contributed by atoms with E-state index in [4.69, 9.17) is 0 Å². The molecule has 104 valence electrons. The second-order valence-electron chi connectivity index (χ2n) is 4.88. The predicted molar refractivity (Wildman–Crippen MR) is 85.8 cm³/mol. The van der Waals surface area contributed by atoms with E-state index in [9.17, 15) is 4.79 Å². The minimum absolute atomic E-state index is 0.0296. The monoisotopic (exact) mass is 331 g/mol. The lowest BCUT2D eigenvalue weighted by atomic mass is 10.1. The Bertz CT molecular complexity index is 568. The normalized spacial score (nSPS) is 11.9. The number of hydrogen-bond donors (Lipinski definition) is 1. The molecule has 0 aromatic heterocycles. The van der Waals surface area contributed by atoms with E-state index in [2.05, 4.69) is 33.4 Å². The standard InChI is InChI=1S/C17H18BrNO/c1-13(11-12-14-7-3-2-4-8-14)19-17(20)15-9-5-6-10-16(15)18/h2-10,13H,11-12H2,1H3,(H,19,20). The average Bonchev–Trinajstić information content (AvgIpc) is 2.46. The quantitative estimate of drug-likeness (QED) is 0.873. The first kappa shape index (κ1) is 14.8. The lowest BCUT2D eigenvalue weighted by Crippen LogP contribution is -2.33. The molecule has 0 aliphatic rings. The molecule has 0 spiro atoms. The summed E-state index contributed by atoms with van der Waals surface area (Å²) < 4.78 is 0.827. The number of nitrogens with one attached hydrogen (secondary N) is 1. The summed E-state index contributed by atoms with van der Waals surface area (Å²) in [6.07, 6.45) is 1.90. The molecule has 0 heterocycles. The number of rotatable bonds is 5. The zero-order valence-corrected chi connectivity index (χ0v) is 13.1. The van der Waals surface area contributed by atoms with Gasteiger partial charge in [0.25, 0.3) is 5.91 Å². The van der Waals surface area contributed by atoms with Crippen molar-refractivity contribution in [3.8, 4) is 0 Å². The van der Waals surface area contributed by atoms with Gasteiger partial charge in [-0.2, -0.15) is 0 Å². The Morgan fingerprint density at radius 3 is 2.45 bits per heavy atom. The van der Waals surface area contributed by atoms with Gasteiger partial charge in [0, 0.05) is 10.5 Å². The zero-order chi connectivity index (χ0) is 14.4. The van der Waals surface area contributed by atoms with Crippen molar-refractivity contribution in [2.24, 2.45) is 0 Å². The van der Waals surface area contributed by atoms with Crippen molar-refractivity contribution in [1.82, 2.24) is 5.32 Å². The molecule has 1 unspecified atom stereocenters. The largest absolute Gasteiger partial charge is 0.350 e. The molecule has 2 aromatic carbocycles. The molecule has 0 bridgehead atoms. The summed E-state index contributed by atoms with van der Waals surface area (Å²) >= 11 is 3.40. The molecule has 0 aliphatic heterocycles. The molecule has 0 fully saturated rings. The summed E-state index contributed by atoms with van der Waals surface area (Å²) in [4.78, 5) is 12.1. The van der Waals surface area contributed by atoms with Gasteiger partial charge in [-0.15, -0.1) is 0 Å². The molecule has 20 heavy (non-hydrogen) atoms. The van der Waals surface area contributed by atoms with Crippen molar-refractivity contribution < 1.29 is 4.79 Å². The highest BCUT2D eigenvalue weighted by Crippen LogP contribution is 2.16. The highest BCUT2D eigenvalue weighted by atomic mass is 79.9. The third-order valence-electron chi connectivity index (χ3n) is 3.20. The molecular formula is C17H18BrNO. The number of carbonyl (C=O) groups is 1. The van der Waals surface area contributed by atoms with E-state index in [1.807, 2.05) is 49.4 Å². The van der Waals surface area contributed by atoms with E-state index in [1.54, 1.807) is 0 Å². The summed E-state index contributed by atoms with van der Waals surface area (Å²) in [5, 5.41) is 3.04. The van der Waals surface area contributed by atoms with Crippen LogP contribution in [-0.4, -0.2) is 11.9 Å². The molecule has 2 rings (SSSR count). The van der Waals surface area contributed by atoms with Gasteiger partial charge in [-0.05, 0) is 53.4 Å². The summed E-state index contributed by atoms with van der Waals surface area (Å²) in [6, 6.07) is 17.9. The van der Waals surface area contributed by atoms with Crippen molar-refractivity contribution in [3.05, 3.63) is 70.2 Å². The minimum atomic E-state index is -0.0296. The van der Waals surface area contributed by atoms with E-state index in [1.165, 1.54) is 5.56 Å². The topological polar surface area (TPSA) is 29.1 Å². The number of amides is 1. The van der Waals surface area contributed by atoms with Crippen LogP contribution < -0.4 is 5.32 Å². The van der Waals surface area contributed by atoms with Crippen LogP contribution in [0.1, 0.15) is 29.3 Å². The van der Waals surface area contributed by atoms with Gasteiger partial charge in [0.2, 0.25) is 0 Å². The van der Waals surface area contributed by atoms with E-state index in [0.717, 1.165) is 17.3 Å². The van der Waals surface area contributed by atoms with Gasteiger partial charge in [-0.1, -0.05) is 42.5 Å². The summed E-state index contributed by atoms with van der Waals surface area (Å²) in [5.74, 6) is -0.0296. The lowest BCUT2D eigenvalue weighted by Gasteiger charge is -2.14. The number of aryl methyl sites for hydroxylation is 1. The minimum Gasteiger partial charge on any atom is -0.350 e. The van der Waals surface area contributed by atoms with Crippen molar-refractivity contribution in [2.75, 3.05) is 0 Å². The highest BCUT2D eigenvalue weighted by Gasteiger charge is 2.12. The van der Waals surface area contributed by atoms with Crippen LogP contribution in [-0.2, 0) is 6.42 Å². The van der Waals surface area contributed by atoms with Crippen LogP contribution in [0.15, 0.2) is 59.1 Å². The molecule has 3 heteroatoms. The van der Waals surface area contributed by atoms with Gasteiger partial charge < -0.3 is 5.32 Å². The first-order chi connectivity index (χ1) is 9.66. The fourth-order valence-electron chi connectivity index (χ4n) is 2.05. The van der Waals surface area contributed by atoms with Crippen LogP contribution in [0.2, 0.25) is 0 Å². The molecule has 1 amide bonds. The maximum Gasteiger partial charge on any atom is 0.252 e. The van der Waals surface area contributed by atoms with Crippen molar-refractivity contribution >= 4 is 21.8 Å². The summed E-state index contributed by atoms with van der Waals surface area (Å²) in [7, 11) is 0. The maximum absolute atomic E-state index is 12.1. The first-order valence-electron chi connectivity index (χ1n) is 6.76. The molecule has 1 atom stereocenters. The Kier molecular flexibility index (Phi) is 5.36. The number of benzene rings is 2. The molecular weight excluding hydrogens is 314 g/mol. The third kappa shape index (κ3) is 4.20.